The molecule has 2 amide bonds. The van der Waals surface area contributed by atoms with E-state index >= 15 is 0 Å². The van der Waals surface area contributed by atoms with Gasteiger partial charge in [0.25, 0.3) is 5.91 Å². The van der Waals surface area contributed by atoms with Crippen LogP contribution >= 0.6 is 0 Å². The molecule has 1 saturated carbocycles. The number of amides is 2. The Labute approximate surface area is 166 Å². The van der Waals surface area contributed by atoms with Gasteiger partial charge in [-0.3, -0.25) is 14.6 Å². The van der Waals surface area contributed by atoms with Gasteiger partial charge < -0.3 is 26.0 Å². The van der Waals surface area contributed by atoms with E-state index < -0.39 is 5.91 Å². The Bertz CT molecular complexity index is 712. The summed E-state index contributed by atoms with van der Waals surface area (Å²) in [5, 5.41) is 6.57. The average Bonchev–Trinajstić information content (AvgIpc) is 3.16. The van der Waals surface area contributed by atoms with Gasteiger partial charge in [-0.2, -0.15) is 0 Å². The molecule has 0 aliphatic heterocycles. The first kappa shape index (κ1) is 21.5. The van der Waals surface area contributed by atoms with Crippen molar-refractivity contribution in [3.63, 3.8) is 0 Å². The minimum atomic E-state index is -0.513. The third kappa shape index (κ3) is 5.87. The maximum atomic E-state index is 12.7. The third-order valence-corrected chi connectivity index (χ3v) is 4.98. The van der Waals surface area contributed by atoms with Crippen molar-refractivity contribution < 1.29 is 14.3 Å². The van der Waals surface area contributed by atoms with Gasteiger partial charge in [-0.25, -0.2) is 0 Å². The van der Waals surface area contributed by atoms with E-state index in [1.165, 1.54) is 0 Å². The largest absolute Gasteiger partial charge is 0.484 e. The van der Waals surface area contributed by atoms with Crippen LogP contribution in [0.25, 0.3) is 0 Å². The summed E-state index contributed by atoms with van der Waals surface area (Å²) >= 11 is 0. The summed E-state index contributed by atoms with van der Waals surface area (Å²) in [6.45, 7) is 0.940. The van der Waals surface area contributed by atoms with E-state index in [1.807, 2.05) is 32.3 Å². The van der Waals surface area contributed by atoms with Crippen LogP contribution in [0.15, 0.2) is 29.3 Å². The van der Waals surface area contributed by atoms with Crippen LogP contribution in [0, 0.1) is 5.41 Å². The Kier molecular flexibility index (Phi) is 7.66. The monoisotopic (exact) mass is 389 g/mol. The van der Waals surface area contributed by atoms with Gasteiger partial charge in [0, 0.05) is 34.2 Å². The van der Waals surface area contributed by atoms with Crippen molar-refractivity contribution in [2.45, 2.75) is 32.2 Å². The number of ether oxygens (including phenoxy) is 1. The first-order chi connectivity index (χ1) is 13.4. The number of guanidine groups is 1. The molecule has 154 valence electrons. The molecule has 0 bridgehead atoms. The standard InChI is InChI=1S/C20H31N5O3/c1-22-19(24-14-20(9-4-5-10-20)18(27)25(2)3)23-12-15-7-6-8-16(11-15)28-13-17(21)26/h6-8,11H,4-5,9-10,12-14H2,1-3H3,(H2,21,26)(H2,22,23,24). The zero-order valence-electron chi connectivity index (χ0n) is 17.0. The predicted molar refractivity (Wildman–Crippen MR) is 109 cm³/mol. The van der Waals surface area contributed by atoms with Gasteiger partial charge in [0.15, 0.2) is 12.6 Å². The summed E-state index contributed by atoms with van der Waals surface area (Å²) in [4.78, 5) is 29.5. The minimum absolute atomic E-state index is 0.151. The van der Waals surface area contributed by atoms with Gasteiger partial charge in [0.05, 0.1) is 5.41 Å². The molecule has 0 aromatic heterocycles. The lowest BCUT2D eigenvalue weighted by Gasteiger charge is -2.31. The summed E-state index contributed by atoms with van der Waals surface area (Å²) in [5.74, 6) is 0.886. The van der Waals surface area contributed by atoms with Crippen molar-refractivity contribution in [2.75, 3.05) is 34.3 Å². The molecular weight excluding hydrogens is 358 g/mol. The van der Waals surface area contributed by atoms with Crippen LogP contribution in [0.3, 0.4) is 0 Å². The zero-order valence-corrected chi connectivity index (χ0v) is 17.0. The molecule has 1 aliphatic rings. The highest BCUT2D eigenvalue weighted by atomic mass is 16.5. The number of carbonyl (C=O) groups excluding carboxylic acids is 2. The van der Waals surface area contributed by atoms with Crippen molar-refractivity contribution in [1.29, 1.82) is 0 Å². The van der Waals surface area contributed by atoms with Crippen LogP contribution in [-0.2, 0) is 16.1 Å². The summed E-state index contributed by atoms with van der Waals surface area (Å²) < 4.78 is 5.33. The highest BCUT2D eigenvalue weighted by Crippen LogP contribution is 2.38. The van der Waals surface area contributed by atoms with E-state index in [4.69, 9.17) is 10.5 Å². The number of hydrogen-bond acceptors (Lipinski definition) is 4. The maximum absolute atomic E-state index is 12.7. The number of nitrogens with two attached hydrogens (primary N) is 1. The maximum Gasteiger partial charge on any atom is 0.255 e. The van der Waals surface area contributed by atoms with E-state index in [0.717, 1.165) is 31.2 Å². The SMILES string of the molecule is CN=C(NCc1cccc(OCC(N)=O)c1)NCC1(C(=O)N(C)C)CCCC1. The molecule has 8 nitrogen and oxygen atoms in total. The van der Waals surface area contributed by atoms with Crippen LogP contribution in [-0.4, -0.2) is 57.0 Å². The van der Waals surface area contributed by atoms with Crippen LogP contribution in [0.5, 0.6) is 5.75 Å². The molecule has 0 atom stereocenters. The summed E-state index contributed by atoms with van der Waals surface area (Å²) in [6.07, 6.45) is 3.94. The van der Waals surface area contributed by atoms with Crippen LogP contribution in [0.4, 0.5) is 0 Å². The number of carbonyl (C=O) groups is 2. The van der Waals surface area contributed by atoms with E-state index in [9.17, 15) is 9.59 Å². The number of aliphatic imine (C=N–C) groups is 1. The third-order valence-electron chi connectivity index (χ3n) is 4.98. The molecule has 8 heteroatoms. The number of hydrogen-bond donors (Lipinski definition) is 3. The van der Waals surface area contributed by atoms with E-state index in [-0.39, 0.29) is 17.9 Å². The molecule has 0 saturated heterocycles. The van der Waals surface area contributed by atoms with Crippen molar-refractivity contribution in [3.05, 3.63) is 29.8 Å². The molecule has 2 rings (SSSR count). The van der Waals surface area contributed by atoms with Gasteiger partial charge in [0.1, 0.15) is 5.75 Å². The van der Waals surface area contributed by atoms with Crippen LogP contribution in [0.2, 0.25) is 0 Å². The van der Waals surface area contributed by atoms with Crippen molar-refractivity contribution in [2.24, 2.45) is 16.1 Å². The first-order valence-corrected chi connectivity index (χ1v) is 9.52. The van der Waals surface area contributed by atoms with Gasteiger partial charge in [-0.05, 0) is 30.5 Å². The molecule has 0 heterocycles. The number of rotatable bonds is 8. The van der Waals surface area contributed by atoms with E-state index in [0.29, 0.717) is 24.8 Å². The summed E-state index contributed by atoms with van der Waals surface area (Å²) in [6, 6.07) is 7.42. The molecule has 1 aliphatic carbocycles. The second-order valence-corrected chi connectivity index (χ2v) is 7.37. The Hall–Kier alpha value is -2.77. The lowest BCUT2D eigenvalue weighted by atomic mass is 9.84. The summed E-state index contributed by atoms with van der Waals surface area (Å²) in [7, 11) is 5.32. The minimum Gasteiger partial charge on any atom is -0.484 e. The predicted octanol–water partition coefficient (Wildman–Crippen LogP) is 0.864. The molecule has 0 spiro atoms. The molecule has 28 heavy (non-hydrogen) atoms. The second-order valence-electron chi connectivity index (χ2n) is 7.37. The Balaban J connectivity index is 1.92. The fourth-order valence-corrected chi connectivity index (χ4v) is 3.55. The Morgan fingerprint density at radius 1 is 1.25 bits per heavy atom. The number of nitrogens with zero attached hydrogens (tertiary/aromatic N) is 2. The fraction of sp³-hybridized carbons (Fsp3) is 0.550. The number of nitrogens with one attached hydrogen (secondary N) is 2. The topological polar surface area (TPSA) is 109 Å². The van der Waals surface area contributed by atoms with Gasteiger partial charge in [-0.15, -0.1) is 0 Å². The van der Waals surface area contributed by atoms with Crippen molar-refractivity contribution >= 4 is 17.8 Å². The molecular formula is C20H31N5O3. The number of primary amides is 1. The van der Waals surface area contributed by atoms with Crippen molar-refractivity contribution in [1.82, 2.24) is 15.5 Å². The average molecular weight is 390 g/mol. The highest BCUT2D eigenvalue weighted by Gasteiger charge is 2.42. The summed E-state index contributed by atoms with van der Waals surface area (Å²) in [5.41, 5.74) is 5.72. The van der Waals surface area contributed by atoms with Crippen LogP contribution < -0.4 is 21.1 Å². The highest BCUT2D eigenvalue weighted by molar-refractivity contribution is 5.85. The Morgan fingerprint density at radius 2 is 1.96 bits per heavy atom. The van der Waals surface area contributed by atoms with E-state index in [2.05, 4.69) is 15.6 Å². The zero-order chi connectivity index (χ0) is 20.6. The fourth-order valence-electron chi connectivity index (χ4n) is 3.55. The van der Waals surface area contributed by atoms with E-state index in [1.54, 1.807) is 18.0 Å². The van der Waals surface area contributed by atoms with Crippen LogP contribution in [0.1, 0.15) is 31.2 Å². The molecule has 4 N–H and O–H groups in total. The van der Waals surface area contributed by atoms with Gasteiger partial charge in [-0.1, -0.05) is 25.0 Å². The Morgan fingerprint density at radius 3 is 2.57 bits per heavy atom. The van der Waals surface area contributed by atoms with Crippen molar-refractivity contribution in [3.8, 4) is 5.75 Å². The molecule has 1 aromatic rings. The molecule has 0 unspecified atom stereocenters. The normalized spacial score (nSPS) is 15.8. The lowest BCUT2D eigenvalue weighted by molar-refractivity contribution is -0.138. The molecule has 1 fully saturated rings. The molecule has 0 radical (unpaired) electrons. The van der Waals surface area contributed by atoms with Gasteiger partial charge >= 0.3 is 0 Å². The molecule has 1 aromatic carbocycles. The van der Waals surface area contributed by atoms with Gasteiger partial charge in [0.2, 0.25) is 5.91 Å². The number of benzene rings is 1. The second kappa shape index (κ2) is 9.96. The first-order valence-electron chi connectivity index (χ1n) is 9.52. The quantitative estimate of drug-likeness (QED) is 0.451. The smallest absolute Gasteiger partial charge is 0.255 e. The lowest BCUT2D eigenvalue weighted by Crippen LogP contribution is -2.49.